The molecule has 0 saturated carbocycles. The molecule has 1 amide bonds. The van der Waals surface area contributed by atoms with Gasteiger partial charge in [-0.2, -0.15) is 13.2 Å². The van der Waals surface area contributed by atoms with Gasteiger partial charge in [-0.1, -0.05) is 23.7 Å². The number of carbonyl (C=O) groups is 1. The average molecular weight is 451 g/mol. The normalized spacial score (nSPS) is 19.4. The molecule has 2 aromatic rings. The lowest BCUT2D eigenvalue weighted by atomic mass is 9.85. The van der Waals surface area contributed by atoms with Crippen molar-refractivity contribution in [2.24, 2.45) is 0 Å². The molecule has 1 aliphatic heterocycles. The van der Waals surface area contributed by atoms with E-state index in [0.29, 0.717) is 36.7 Å². The highest BCUT2D eigenvalue weighted by Gasteiger charge is 2.36. The standard InChI is InChI=1S/C20H19ClF4N2O.ClH/c1-27(19(28)13-4-7-17(22)16(10-13)20(23,24)25)18-8-9-26-11-15(18)12-2-5-14(21)6-3-12;/h2-7,10,15,18,26H,8-9,11H2,1H3;1H/t15-,18+;/m0./s1. The van der Waals surface area contributed by atoms with Crippen LogP contribution in [-0.4, -0.2) is 37.0 Å². The van der Waals surface area contributed by atoms with Crippen molar-refractivity contribution in [3.8, 4) is 0 Å². The van der Waals surface area contributed by atoms with Crippen LogP contribution in [0.2, 0.25) is 5.02 Å². The lowest BCUT2D eigenvalue weighted by Gasteiger charge is -2.39. The molecule has 3 rings (SSSR count). The number of likely N-dealkylation sites (N-methyl/N-ethyl adjacent to an activating group) is 1. The number of nitrogens with zero attached hydrogens (tertiary/aromatic N) is 1. The Morgan fingerprint density at radius 2 is 1.83 bits per heavy atom. The van der Waals surface area contributed by atoms with Gasteiger partial charge in [0.05, 0.1) is 5.56 Å². The monoisotopic (exact) mass is 450 g/mol. The summed E-state index contributed by atoms with van der Waals surface area (Å²) >= 11 is 5.94. The fourth-order valence-corrected chi connectivity index (χ4v) is 3.71. The number of carbonyl (C=O) groups excluding carboxylic acids is 1. The number of hydrogen-bond donors (Lipinski definition) is 1. The Kier molecular flexibility index (Phi) is 7.54. The van der Waals surface area contributed by atoms with Crippen LogP contribution in [0.4, 0.5) is 17.6 Å². The smallest absolute Gasteiger partial charge is 0.338 e. The van der Waals surface area contributed by atoms with Gasteiger partial charge in [0.15, 0.2) is 0 Å². The molecular formula is C20H20Cl2F4N2O. The molecule has 9 heteroatoms. The van der Waals surface area contributed by atoms with E-state index in [-0.39, 0.29) is 29.9 Å². The molecular weight excluding hydrogens is 431 g/mol. The molecule has 1 heterocycles. The van der Waals surface area contributed by atoms with Gasteiger partial charge in [0.2, 0.25) is 0 Å². The first-order chi connectivity index (χ1) is 13.2. The largest absolute Gasteiger partial charge is 0.419 e. The van der Waals surface area contributed by atoms with Crippen molar-refractivity contribution >= 4 is 29.9 Å². The first-order valence-electron chi connectivity index (χ1n) is 8.78. The highest BCUT2D eigenvalue weighted by atomic mass is 35.5. The minimum Gasteiger partial charge on any atom is -0.338 e. The van der Waals surface area contributed by atoms with Crippen LogP contribution in [-0.2, 0) is 6.18 Å². The summed E-state index contributed by atoms with van der Waals surface area (Å²) in [5.41, 5.74) is -0.646. The maximum absolute atomic E-state index is 13.5. The van der Waals surface area contributed by atoms with Gasteiger partial charge >= 0.3 is 6.18 Å². The number of alkyl halides is 3. The summed E-state index contributed by atoms with van der Waals surface area (Å²) in [7, 11) is 1.57. The van der Waals surface area contributed by atoms with Crippen molar-refractivity contribution in [1.29, 1.82) is 0 Å². The molecule has 0 bridgehead atoms. The predicted molar refractivity (Wildman–Crippen MR) is 106 cm³/mol. The maximum Gasteiger partial charge on any atom is 0.419 e. The molecule has 3 nitrogen and oxygen atoms in total. The number of hydrogen-bond acceptors (Lipinski definition) is 2. The zero-order valence-electron chi connectivity index (χ0n) is 15.5. The van der Waals surface area contributed by atoms with E-state index in [0.717, 1.165) is 11.6 Å². The topological polar surface area (TPSA) is 32.3 Å². The molecule has 1 fully saturated rings. The Morgan fingerprint density at radius 3 is 2.45 bits per heavy atom. The number of amides is 1. The van der Waals surface area contributed by atoms with Gasteiger partial charge in [-0.15, -0.1) is 12.4 Å². The zero-order valence-corrected chi connectivity index (χ0v) is 17.0. The van der Waals surface area contributed by atoms with Crippen molar-refractivity contribution in [1.82, 2.24) is 10.2 Å². The van der Waals surface area contributed by atoms with E-state index >= 15 is 0 Å². The first-order valence-corrected chi connectivity index (χ1v) is 9.16. The Bertz CT molecular complexity index is 859. The third-order valence-corrected chi connectivity index (χ3v) is 5.33. The van der Waals surface area contributed by atoms with Crippen LogP contribution in [0.3, 0.4) is 0 Å². The molecule has 2 aromatic carbocycles. The quantitative estimate of drug-likeness (QED) is 0.656. The highest BCUT2D eigenvalue weighted by molar-refractivity contribution is 6.30. The molecule has 0 aliphatic carbocycles. The number of benzene rings is 2. The number of halogens is 6. The van der Waals surface area contributed by atoms with E-state index in [4.69, 9.17) is 11.6 Å². The molecule has 158 valence electrons. The Balaban J connectivity index is 0.00000300. The lowest BCUT2D eigenvalue weighted by Crippen LogP contribution is -2.49. The van der Waals surface area contributed by atoms with Crippen LogP contribution in [0.15, 0.2) is 42.5 Å². The fourth-order valence-electron chi connectivity index (χ4n) is 3.59. The second-order valence-corrected chi connectivity index (χ2v) is 7.26. The highest BCUT2D eigenvalue weighted by Crippen LogP contribution is 2.33. The fraction of sp³-hybridized carbons (Fsp3) is 0.350. The van der Waals surface area contributed by atoms with E-state index in [1.165, 1.54) is 4.90 Å². The van der Waals surface area contributed by atoms with E-state index < -0.39 is 23.5 Å². The van der Waals surface area contributed by atoms with E-state index in [9.17, 15) is 22.4 Å². The molecule has 1 saturated heterocycles. The summed E-state index contributed by atoms with van der Waals surface area (Å²) < 4.78 is 52.5. The molecule has 0 spiro atoms. The van der Waals surface area contributed by atoms with Crippen molar-refractivity contribution in [2.45, 2.75) is 24.6 Å². The van der Waals surface area contributed by atoms with Gasteiger partial charge in [0, 0.05) is 36.1 Å². The molecule has 29 heavy (non-hydrogen) atoms. The van der Waals surface area contributed by atoms with Crippen molar-refractivity contribution in [2.75, 3.05) is 20.1 Å². The van der Waals surface area contributed by atoms with Crippen LogP contribution in [0.25, 0.3) is 0 Å². The van der Waals surface area contributed by atoms with Crippen molar-refractivity contribution in [3.05, 3.63) is 70.0 Å². The van der Waals surface area contributed by atoms with Crippen LogP contribution < -0.4 is 5.32 Å². The molecule has 0 aromatic heterocycles. The van der Waals surface area contributed by atoms with E-state index in [2.05, 4.69) is 5.32 Å². The van der Waals surface area contributed by atoms with Crippen LogP contribution in [0.5, 0.6) is 0 Å². The summed E-state index contributed by atoms with van der Waals surface area (Å²) in [6, 6.07) is 9.42. The van der Waals surface area contributed by atoms with Crippen LogP contribution in [0.1, 0.15) is 33.8 Å². The summed E-state index contributed by atoms with van der Waals surface area (Å²) in [5.74, 6) is -2.01. The van der Waals surface area contributed by atoms with Crippen LogP contribution >= 0.6 is 24.0 Å². The van der Waals surface area contributed by atoms with E-state index in [1.807, 2.05) is 12.1 Å². The first kappa shape index (κ1) is 23.4. The van der Waals surface area contributed by atoms with Crippen LogP contribution in [0, 0.1) is 5.82 Å². The van der Waals surface area contributed by atoms with Gasteiger partial charge in [0.1, 0.15) is 5.82 Å². The Hall–Kier alpha value is -1.83. The van der Waals surface area contributed by atoms with E-state index in [1.54, 1.807) is 19.2 Å². The van der Waals surface area contributed by atoms with Crippen molar-refractivity contribution in [3.63, 3.8) is 0 Å². The maximum atomic E-state index is 13.5. The van der Waals surface area contributed by atoms with Gasteiger partial charge in [-0.05, 0) is 48.9 Å². The summed E-state index contributed by atoms with van der Waals surface area (Å²) in [6.07, 6.45) is -4.22. The second-order valence-electron chi connectivity index (χ2n) is 6.83. The summed E-state index contributed by atoms with van der Waals surface area (Å²) in [4.78, 5) is 14.3. The summed E-state index contributed by atoms with van der Waals surface area (Å²) in [6.45, 7) is 1.31. The molecule has 2 atom stereocenters. The third kappa shape index (κ3) is 5.21. The predicted octanol–water partition coefficient (Wildman–Crippen LogP) is 5.14. The summed E-state index contributed by atoms with van der Waals surface area (Å²) in [5, 5.41) is 3.88. The van der Waals surface area contributed by atoms with Gasteiger partial charge < -0.3 is 10.2 Å². The average Bonchev–Trinajstić information content (AvgIpc) is 2.67. The SMILES string of the molecule is CN(C(=O)c1ccc(F)c(C(F)(F)F)c1)[C@@H]1CCNC[C@H]1c1ccc(Cl)cc1.Cl. The number of piperidine rings is 1. The molecule has 1 N–H and O–H groups in total. The Morgan fingerprint density at radius 1 is 1.17 bits per heavy atom. The minimum absolute atomic E-state index is 0. The van der Waals surface area contributed by atoms with Crippen molar-refractivity contribution < 1.29 is 22.4 Å². The third-order valence-electron chi connectivity index (χ3n) is 5.08. The molecule has 0 radical (unpaired) electrons. The zero-order chi connectivity index (χ0) is 20.5. The van der Waals surface area contributed by atoms with Gasteiger partial charge in [-0.3, -0.25) is 4.79 Å². The minimum atomic E-state index is -4.86. The lowest BCUT2D eigenvalue weighted by molar-refractivity contribution is -0.140. The number of nitrogens with one attached hydrogen (secondary N) is 1. The number of rotatable bonds is 3. The Labute approximate surface area is 177 Å². The van der Waals surface area contributed by atoms with Gasteiger partial charge in [0.25, 0.3) is 5.91 Å². The molecule has 0 unspecified atom stereocenters. The second kappa shape index (κ2) is 9.32. The van der Waals surface area contributed by atoms with Gasteiger partial charge in [-0.25, -0.2) is 4.39 Å². The molecule has 1 aliphatic rings.